The monoisotopic (exact) mass is 364 g/mol. The first kappa shape index (κ1) is 16.4. The van der Waals surface area contributed by atoms with E-state index in [1.807, 2.05) is 0 Å². The maximum Gasteiger partial charge on any atom is 0.337 e. The number of carboxylic acid groups (broad SMARTS) is 1. The fourth-order valence-corrected chi connectivity index (χ4v) is 3.12. The number of benzene rings is 2. The van der Waals surface area contributed by atoms with Gasteiger partial charge in [-0.3, -0.25) is 0 Å². The molecule has 2 aromatic carbocycles. The molecule has 2 rings (SSSR count). The Morgan fingerprint density at radius 3 is 2.05 bits per heavy atom. The number of hydrogen-bond acceptors (Lipinski definition) is 2. The van der Waals surface area contributed by atoms with Crippen molar-refractivity contribution in [2.45, 2.75) is 6.10 Å². The minimum Gasteiger partial charge on any atom is -0.479 e. The molecule has 1 atom stereocenters. The van der Waals surface area contributed by atoms with Gasteiger partial charge in [0.2, 0.25) is 0 Å². The maximum absolute atomic E-state index is 10.9. The lowest BCUT2D eigenvalue weighted by Gasteiger charge is -2.13. The number of aliphatic hydroxyl groups is 1. The highest BCUT2D eigenvalue weighted by Gasteiger charge is 2.21. The van der Waals surface area contributed by atoms with Gasteiger partial charge < -0.3 is 10.2 Å². The second-order valence-corrected chi connectivity index (χ2v) is 5.88. The van der Waals surface area contributed by atoms with E-state index in [2.05, 4.69) is 0 Å². The Hall–Kier alpha value is -0.970. The van der Waals surface area contributed by atoms with Crippen LogP contribution in [-0.2, 0) is 4.79 Å². The lowest BCUT2D eigenvalue weighted by molar-refractivity contribution is -0.146. The van der Waals surface area contributed by atoms with Gasteiger partial charge in [0, 0.05) is 21.2 Å². The van der Waals surface area contributed by atoms with Crippen LogP contribution in [0.25, 0.3) is 11.1 Å². The Bertz CT molecular complexity index is 692. The summed E-state index contributed by atoms with van der Waals surface area (Å²) in [6.07, 6.45) is -1.73. The number of rotatable bonds is 3. The van der Waals surface area contributed by atoms with Crippen molar-refractivity contribution in [3.8, 4) is 11.1 Å². The van der Waals surface area contributed by atoms with Gasteiger partial charge in [0.05, 0.1) is 10.0 Å². The molecule has 0 saturated carbocycles. The minimum absolute atomic E-state index is 0.0590. The zero-order chi connectivity index (χ0) is 15.7. The van der Waals surface area contributed by atoms with Crippen molar-refractivity contribution >= 4 is 52.4 Å². The van der Waals surface area contributed by atoms with E-state index in [4.69, 9.17) is 51.5 Å². The topological polar surface area (TPSA) is 57.5 Å². The smallest absolute Gasteiger partial charge is 0.337 e. The highest BCUT2D eigenvalue weighted by atomic mass is 35.5. The first-order chi connectivity index (χ1) is 9.81. The van der Waals surface area contributed by atoms with Gasteiger partial charge in [-0.1, -0.05) is 52.5 Å². The quantitative estimate of drug-likeness (QED) is 0.796. The Labute approximate surface area is 140 Å². The van der Waals surface area contributed by atoms with Crippen molar-refractivity contribution in [2.24, 2.45) is 0 Å². The third kappa shape index (κ3) is 3.44. The van der Waals surface area contributed by atoms with Crippen LogP contribution >= 0.6 is 46.4 Å². The van der Waals surface area contributed by atoms with Crippen molar-refractivity contribution in [1.29, 1.82) is 0 Å². The molecule has 0 spiro atoms. The second-order valence-electron chi connectivity index (χ2n) is 4.22. The van der Waals surface area contributed by atoms with Crippen LogP contribution in [0, 0.1) is 0 Å². The van der Waals surface area contributed by atoms with E-state index in [1.54, 1.807) is 6.07 Å². The minimum atomic E-state index is -1.73. The van der Waals surface area contributed by atoms with E-state index in [1.165, 1.54) is 24.3 Å². The number of carboxylic acids is 1. The Morgan fingerprint density at radius 2 is 1.52 bits per heavy atom. The SMILES string of the molecule is O=C(O)C(O)c1cc(-c2c(Cl)cc(Cl)cc2Cl)ccc1Cl. The molecule has 0 aliphatic rings. The van der Waals surface area contributed by atoms with Crippen molar-refractivity contribution < 1.29 is 15.0 Å². The molecule has 0 aliphatic heterocycles. The van der Waals surface area contributed by atoms with E-state index in [0.29, 0.717) is 26.2 Å². The van der Waals surface area contributed by atoms with Gasteiger partial charge >= 0.3 is 5.97 Å². The van der Waals surface area contributed by atoms with Crippen molar-refractivity contribution in [1.82, 2.24) is 0 Å². The molecule has 0 amide bonds. The van der Waals surface area contributed by atoms with Gasteiger partial charge in [0.1, 0.15) is 0 Å². The number of halogens is 4. The summed E-state index contributed by atoms with van der Waals surface area (Å²) in [4.78, 5) is 10.9. The molecular weight excluding hydrogens is 358 g/mol. The molecule has 110 valence electrons. The highest BCUT2D eigenvalue weighted by Crippen LogP contribution is 2.39. The summed E-state index contributed by atoms with van der Waals surface area (Å²) in [5, 5.41) is 19.7. The summed E-state index contributed by atoms with van der Waals surface area (Å²) in [6, 6.07) is 7.57. The van der Waals surface area contributed by atoms with Crippen LogP contribution in [0.2, 0.25) is 20.1 Å². The Balaban J connectivity index is 2.62. The lowest BCUT2D eigenvalue weighted by atomic mass is 10.0. The maximum atomic E-state index is 10.9. The fraction of sp³-hybridized carbons (Fsp3) is 0.0714. The lowest BCUT2D eigenvalue weighted by Crippen LogP contribution is -2.11. The van der Waals surface area contributed by atoms with Gasteiger partial charge in [0.15, 0.2) is 6.10 Å². The van der Waals surface area contributed by atoms with E-state index in [9.17, 15) is 9.90 Å². The number of hydrogen-bond donors (Lipinski definition) is 2. The van der Waals surface area contributed by atoms with Crippen molar-refractivity contribution in [3.63, 3.8) is 0 Å². The predicted octanol–water partition coefficient (Wildman–Crippen LogP) is 5.09. The van der Waals surface area contributed by atoms with Gasteiger partial charge in [-0.05, 0) is 29.8 Å². The van der Waals surface area contributed by atoms with Crippen LogP contribution in [0.5, 0.6) is 0 Å². The number of carbonyl (C=O) groups is 1. The zero-order valence-corrected chi connectivity index (χ0v) is 13.3. The molecule has 0 fully saturated rings. The van der Waals surface area contributed by atoms with E-state index < -0.39 is 12.1 Å². The molecule has 2 aromatic rings. The summed E-state index contributed by atoms with van der Waals surface area (Å²) < 4.78 is 0. The van der Waals surface area contributed by atoms with E-state index >= 15 is 0 Å². The summed E-state index contributed by atoms with van der Waals surface area (Å²) >= 11 is 24.0. The number of aliphatic carboxylic acids is 1. The molecule has 0 bridgehead atoms. The summed E-state index contributed by atoms with van der Waals surface area (Å²) in [7, 11) is 0. The third-order valence-corrected chi connectivity index (χ3v) is 3.98. The number of aliphatic hydroxyl groups excluding tert-OH is 1. The largest absolute Gasteiger partial charge is 0.479 e. The highest BCUT2D eigenvalue weighted by molar-refractivity contribution is 6.41. The summed E-state index contributed by atoms with van der Waals surface area (Å²) in [6.45, 7) is 0. The first-order valence-corrected chi connectivity index (χ1v) is 7.17. The molecule has 2 N–H and O–H groups in total. The average Bonchev–Trinajstić information content (AvgIpc) is 2.38. The molecular formula is C14H8Cl4O3. The molecule has 3 nitrogen and oxygen atoms in total. The molecule has 0 heterocycles. The van der Waals surface area contributed by atoms with Crippen LogP contribution in [0.4, 0.5) is 0 Å². The van der Waals surface area contributed by atoms with E-state index in [0.717, 1.165) is 0 Å². The molecule has 21 heavy (non-hydrogen) atoms. The zero-order valence-electron chi connectivity index (χ0n) is 10.3. The van der Waals surface area contributed by atoms with E-state index in [-0.39, 0.29) is 10.6 Å². The fourth-order valence-electron chi connectivity index (χ4n) is 1.86. The standard InChI is InChI=1S/C14H8Cl4O3/c15-7-4-10(17)12(11(18)5-7)6-1-2-9(16)8(3-6)13(19)14(20)21/h1-5,13,19H,(H,20,21). The van der Waals surface area contributed by atoms with Crippen LogP contribution in [-0.4, -0.2) is 16.2 Å². The molecule has 0 aliphatic carbocycles. The summed E-state index contributed by atoms with van der Waals surface area (Å²) in [5.74, 6) is -1.40. The van der Waals surface area contributed by atoms with Crippen LogP contribution in [0.15, 0.2) is 30.3 Å². The van der Waals surface area contributed by atoms with Crippen LogP contribution in [0.1, 0.15) is 11.7 Å². The molecule has 0 saturated heterocycles. The molecule has 0 radical (unpaired) electrons. The Morgan fingerprint density at radius 1 is 0.952 bits per heavy atom. The van der Waals surface area contributed by atoms with Crippen LogP contribution in [0.3, 0.4) is 0 Å². The van der Waals surface area contributed by atoms with Gasteiger partial charge in [0.25, 0.3) is 0 Å². The van der Waals surface area contributed by atoms with Gasteiger partial charge in [-0.2, -0.15) is 0 Å². The van der Waals surface area contributed by atoms with Gasteiger partial charge in [-0.25, -0.2) is 4.79 Å². The van der Waals surface area contributed by atoms with Crippen molar-refractivity contribution in [3.05, 3.63) is 56.0 Å². The summed E-state index contributed by atoms with van der Waals surface area (Å²) in [5.41, 5.74) is 1.07. The Kier molecular flexibility index (Phi) is 5.02. The third-order valence-electron chi connectivity index (χ3n) is 2.82. The molecule has 0 aromatic heterocycles. The van der Waals surface area contributed by atoms with Crippen molar-refractivity contribution in [2.75, 3.05) is 0 Å². The molecule has 1 unspecified atom stereocenters. The van der Waals surface area contributed by atoms with Gasteiger partial charge in [-0.15, -0.1) is 0 Å². The van der Waals surface area contributed by atoms with Crippen LogP contribution < -0.4 is 0 Å². The molecule has 7 heteroatoms. The first-order valence-electron chi connectivity index (χ1n) is 5.66. The second kappa shape index (κ2) is 6.42. The normalized spacial score (nSPS) is 12.2. The predicted molar refractivity (Wildman–Crippen MR) is 84.5 cm³/mol. The average molecular weight is 366 g/mol.